The molecule has 3 amide bonds. The van der Waals surface area contributed by atoms with Gasteiger partial charge in [-0.2, -0.15) is 0 Å². The summed E-state index contributed by atoms with van der Waals surface area (Å²) in [4.78, 5) is 27.0. The van der Waals surface area contributed by atoms with Crippen LogP contribution < -0.4 is 5.32 Å². The van der Waals surface area contributed by atoms with Crippen molar-refractivity contribution >= 4 is 11.9 Å². The lowest BCUT2D eigenvalue weighted by Crippen LogP contribution is -2.48. The van der Waals surface area contributed by atoms with Crippen molar-refractivity contribution in [3.8, 4) is 0 Å². The Balaban J connectivity index is 2.48. The quantitative estimate of drug-likeness (QED) is 0.798. The number of hydrogen-bond acceptors (Lipinski definition) is 2. The van der Waals surface area contributed by atoms with Crippen LogP contribution >= 0.6 is 0 Å². The largest absolute Gasteiger partial charge is 0.356 e. The third kappa shape index (κ3) is 3.91. The van der Waals surface area contributed by atoms with Crippen LogP contribution in [0, 0.1) is 5.92 Å². The van der Waals surface area contributed by atoms with E-state index in [0.717, 1.165) is 32.4 Å². The van der Waals surface area contributed by atoms with Crippen LogP contribution in [0.2, 0.25) is 0 Å². The second kappa shape index (κ2) is 6.47. The summed E-state index contributed by atoms with van der Waals surface area (Å²) in [6.45, 7) is 4.06. The number of hydrogen-bond donors (Lipinski definition) is 1. The van der Waals surface area contributed by atoms with Crippen molar-refractivity contribution in [2.24, 2.45) is 5.92 Å². The van der Waals surface area contributed by atoms with Crippen LogP contribution in [-0.4, -0.2) is 55.5 Å². The van der Waals surface area contributed by atoms with E-state index in [1.807, 2.05) is 6.92 Å². The van der Waals surface area contributed by atoms with E-state index >= 15 is 0 Å². The molecule has 0 aromatic heterocycles. The number of urea groups is 1. The summed E-state index contributed by atoms with van der Waals surface area (Å²) < 4.78 is 0. The van der Waals surface area contributed by atoms with Gasteiger partial charge in [-0.1, -0.05) is 6.92 Å². The molecular formula is C12H23N3O2. The van der Waals surface area contributed by atoms with Crippen molar-refractivity contribution in [3.05, 3.63) is 0 Å². The highest BCUT2D eigenvalue weighted by molar-refractivity contribution is 5.80. The van der Waals surface area contributed by atoms with E-state index in [-0.39, 0.29) is 17.9 Å². The number of likely N-dealkylation sites (tertiary alicyclic amines) is 1. The second-order valence-corrected chi connectivity index (χ2v) is 4.75. The minimum atomic E-state index is -0.0424. The molecule has 0 aromatic rings. The Morgan fingerprint density at radius 1 is 1.41 bits per heavy atom. The fourth-order valence-electron chi connectivity index (χ4n) is 2.04. The molecule has 1 unspecified atom stereocenters. The lowest BCUT2D eigenvalue weighted by Gasteiger charge is -2.33. The van der Waals surface area contributed by atoms with Crippen LogP contribution in [0.15, 0.2) is 0 Å². The SMILES string of the molecule is CCCNC(=O)C1CCCN(C(=O)N(C)C)C1. The minimum absolute atomic E-state index is 0.00186. The molecule has 1 aliphatic heterocycles. The fraction of sp³-hybridized carbons (Fsp3) is 0.833. The molecule has 1 N–H and O–H groups in total. The predicted octanol–water partition coefficient (Wildman–Crippen LogP) is 0.906. The highest BCUT2D eigenvalue weighted by atomic mass is 16.2. The minimum Gasteiger partial charge on any atom is -0.356 e. The molecule has 0 aromatic carbocycles. The Labute approximate surface area is 103 Å². The van der Waals surface area contributed by atoms with Gasteiger partial charge in [0, 0.05) is 33.7 Å². The maximum atomic E-state index is 11.8. The number of carbonyl (C=O) groups is 2. The topological polar surface area (TPSA) is 52.7 Å². The van der Waals surface area contributed by atoms with Gasteiger partial charge in [-0.05, 0) is 19.3 Å². The number of nitrogens with zero attached hydrogens (tertiary/aromatic N) is 2. The first-order valence-electron chi connectivity index (χ1n) is 6.30. The summed E-state index contributed by atoms with van der Waals surface area (Å²) in [6.07, 6.45) is 2.73. The van der Waals surface area contributed by atoms with Crippen LogP contribution in [0.5, 0.6) is 0 Å². The number of piperidine rings is 1. The zero-order chi connectivity index (χ0) is 12.8. The van der Waals surface area contributed by atoms with Gasteiger partial charge in [0.2, 0.25) is 5.91 Å². The number of amides is 3. The van der Waals surface area contributed by atoms with Crippen LogP contribution in [0.4, 0.5) is 4.79 Å². The normalized spacial score (nSPS) is 19.9. The smallest absolute Gasteiger partial charge is 0.319 e. The van der Waals surface area contributed by atoms with E-state index in [0.29, 0.717) is 6.54 Å². The summed E-state index contributed by atoms with van der Waals surface area (Å²) >= 11 is 0. The molecule has 0 spiro atoms. The molecule has 1 aliphatic rings. The van der Waals surface area contributed by atoms with Gasteiger partial charge >= 0.3 is 6.03 Å². The van der Waals surface area contributed by atoms with Gasteiger partial charge in [-0.25, -0.2) is 4.79 Å². The van der Waals surface area contributed by atoms with Crippen LogP contribution in [0.3, 0.4) is 0 Å². The lowest BCUT2D eigenvalue weighted by atomic mass is 9.97. The Bertz CT molecular complexity index is 279. The maximum absolute atomic E-state index is 11.8. The molecule has 1 saturated heterocycles. The van der Waals surface area contributed by atoms with Crippen molar-refractivity contribution in [3.63, 3.8) is 0 Å². The summed E-state index contributed by atoms with van der Waals surface area (Å²) in [5.74, 6) is 0.0438. The van der Waals surface area contributed by atoms with E-state index in [9.17, 15) is 9.59 Å². The third-order valence-electron chi connectivity index (χ3n) is 2.99. The standard InChI is InChI=1S/C12H23N3O2/c1-4-7-13-11(16)10-6-5-8-15(9-10)12(17)14(2)3/h10H,4-9H2,1-3H3,(H,13,16). The summed E-state index contributed by atoms with van der Waals surface area (Å²) in [5.41, 5.74) is 0. The van der Waals surface area contributed by atoms with Gasteiger partial charge in [-0.3, -0.25) is 4.79 Å². The highest BCUT2D eigenvalue weighted by Crippen LogP contribution is 2.17. The average Bonchev–Trinajstić information content (AvgIpc) is 2.35. The molecule has 1 rings (SSSR count). The molecule has 0 aliphatic carbocycles. The molecule has 5 heteroatoms. The second-order valence-electron chi connectivity index (χ2n) is 4.75. The molecule has 1 heterocycles. The number of rotatable bonds is 3. The van der Waals surface area contributed by atoms with E-state index in [1.165, 1.54) is 0 Å². The van der Waals surface area contributed by atoms with E-state index in [4.69, 9.17) is 0 Å². The first-order chi connectivity index (χ1) is 8.06. The fourth-order valence-corrected chi connectivity index (χ4v) is 2.04. The van der Waals surface area contributed by atoms with E-state index in [2.05, 4.69) is 5.32 Å². The number of nitrogens with one attached hydrogen (secondary N) is 1. The van der Waals surface area contributed by atoms with E-state index in [1.54, 1.807) is 23.9 Å². The average molecular weight is 241 g/mol. The molecule has 17 heavy (non-hydrogen) atoms. The molecule has 0 saturated carbocycles. The summed E-state index contributed by atoms with van der Waals surface area (Å²) in [7, 11) is 3.48. The zero-order valence-electron chi connectivity index (χ0n) is 11.0. The maximum Gasteiger partial charge on any atom is 0.319 e. The predicted molar refractivity (Wildman–Crippen MR) is 66.7 cm³/mol. The monoisotopic (exact) mass is 241 g/mol. The van der Waals surface area contributed by atoms with E-state index < -0.39 is 0 Å². The van der Waals surface area contributed by atoms with Gasteiger partial charge in [0.25, 0.3) is 0 Å². The zero-order valence-corrected chi connectivity index (χ0v) is 11.0. The summed E-state index contributed by atoms with van der Waals surface area (Å²) in [6, 6.07) is -0.00186. The molecule has 0 bridgehead atoms. The van der Waals surface area contributed by atoms with Crippen LogP contribution in [0.1, 0.15) is 26.2 Å². The van der Waals surface area contributed by atoms with Gasteiger partial charge in [-0.15, -0.1) is 0 Å². The molecule has 98 valence electrons. The molecule has 0 radical (unpaired) electrons. The Morgan fingerprint density at radius 2 is 2.12 bits per heavy atom. The lowest BCUT2D eigenvalue weighted by molar-refractivity contribution is -0.126. The van der Waals surface area contributed by atoms with Crippen molar-refractivity contribution in [1.29, 1.82) is 0 Å². The van der Waals surface area contributed by atoms with Gasteiger partial charge in [0.15, 0.2) is 0 Å². The molecule has 5 nitrogen and oxygen atoms in total. The van der Waals surface area contributed by atoms with Crippen molar-refractivity contribution in [1.82, 2.24) is 15.1 Å². The Kier molecular flexibility index (Phi) is 5.25. The van der Waals surface area contributed by atoms with Crippen LogP contribution in [-0.2, 0) is 4.79 Å². The van der Waals surface area contributed by atoms with Crippen LogP contribution in [0.25, 0.3) is 0 Å². The van der Waals surface area contributed by atoms with Crippen molar-refractivity contribution in [2.75, 3.05) is 33.7 Å². The third-order valence-corrected chi connectivity index (χ3v) is 2.99. The highest BCUT2D eigenvalue weighted by Gasteiger charge is 2.28. The van der Waals surface area contributed by atoms with Gasteiger partial charge in [0.1, 0.15) is 0 Å². The van der Waals surface area contributed by atoms with Crippen molar-refractivity contribution < 1.29 is 9.59 Å². The van der Waals surface area contributed by atoms with Gasteiger partial charge in [0.05, 0.1) is 5.92 Å². The molecule has 1 fully saturated rings. The molecule has 1 atom stereocenters. The summed E-state index contributed by atoms with van der Waals surface area (Å²) in [5, 5.41) is 2.90. The first-order valence-corrected chi connectivity index (χ1v) is 6.30. The molecular weight excluding hydrogens is 218 g/mol. The first kappa shape index (κ1) is 13.8. The van der Waals surface area contributed by atoms with Gasteiger partial charge < -0.3 is 15.1 Å². The Morgan fingerprint density at radius 3 is 2.71 bits per heavy atom. The van der Waals surface area contributed by atoms with Crippen molar-refractivity contribution in [2.45, 2.75) is 26.2 Å². The number of carbonyl (C=O) groups excluding carboxylic acids is 2. The Hall–Kier alpha value is -1.26.